The molecule has 1 saturated heterocycles. The third kappa shape index (κ3) is 4.79. The quantitative estimate of drug-likeness (QED) is 0.0760. The number of aromatic nitrogens is 1. The van der Waals surface area contributed by atoms with E-state index in [-0.39, 0.29) is 38.0 Å². The van der Waals surface area contributed by atoms with Gasteiger partial charge in [-0.25, -0.2) is 9.78 Å². The summed E-state index contributed by atoms with van der Waals surface area (Å²) in [4.78, 5) is 42.4. The summed E-state index contributed by atoms with van der Waals surface area (Å²) in [6.07, 6.45) is 0. The molecule has 1 aromatic heterocycles. The summed E-state index contributed by atoms with van der Waals surface area (Å²) in [6.45, 7) is -0.506. The average molecular weight is 534 g/mol. The highest BCUT2D eigenvalue weighted by atomic mass is 35.5. The van der Waals surface area contributed by atoms with E-state index in [1.54, 1.807) is 0 Å². The van der Waals surface area contributed by atoms with E-state index in [4.69, 9.17) is 28.5 Å². The van der Waals surface area contributed by atoms with Crippen LogP contribution in [-0.4, -0.2) is 78.4 Å². The fourth-order valence-corrected chi connectivity index (χ4v) is 6.26. The number of nitrogens with zero attached hydrogens (tertiary/aromatic N) is 3. The van der Waals surface area contributed by atoms with E-state index in [0.717, 1.165) is 28.0 Å². The van der Waals surface area contributed by atoms with Crippen molar-refractivity contribution in [1.29, 1.82) is 5.41 Å². The number of carbonyl (C=O) groups excluding carboxylic acids is 2. The van der Waals surface area contributed by atoms with Gasteiger partial charge in [0.25, 0.3) is 11.8 Å². The predicted molar refractivity (Wildman–Crippen MR) is 124 cm³/mol. The summed E-state index contributed by atoms with van der Waals surface area (Å²) in [5.74, 6) is -3.17. The Kier molecular flexibility index (Phi) is 7.53. The molecule has 176 valence electrons. The Hall–Kier alpha value is -2.79. The second kappa shape index (κ2) is 10.0. The van der Waals surface area contributed by atoms with Crippen LogP contribution in [0.4, 0.5) is 5.13 Å². The molecule has 2 amide bonds. The first-order valence-electron chi connectivity index (χ1n) is 8.77. The minimum Gasteiger partial charge on any atom is -0.477 e. The van der Waals surface area contributed by atoms with Gasteiger partial charge in [-0.05, 0) is 5.41 Å². The summed E-state index contributed by atoms with van der Waals surface area (Å²) >= 11 is 8.94. The van der Waals surface area contributed by atoms with Crippen molar-refractivity contribution in [3.63, 3.8) is 0 Å². The number of aliphatic hydroxyl groups is 1. The summed E-state index contributed by atoms with van der Waals surface area (Å²) in [7, 11) is 0. The molecule has 0 aliphatic carbocycles. The van der Waals surface area contributed by atoms with Gasteiger partial charge in [0.05, 0.1) is 6.61 Å². The van der Waals surface area contributed by atoms with E-state index < -0.39 is 41.5 Å². The van der Waals surface area contributed by atoms with Crippen molar-refractivity contribution in [1.82, 2.24) is 15.2 Å². The van der Waals surface area contributed by atoms with Gasteiger partial charge < -0.3 is 32.2 Å². The topological polar surface area (TPSA) is 228 Å². The van der Waals surface area contributed by atoms with E-state index in [1.807, 2.05) is 0 Å². The van der Waals surface area contributed by atoms with Gasteiger partial charge >= 0.3 is 5.97 Å². The van der Waals surface area contributed by atoms with Gasteiger partial charge in [0.1, 0.15) is 33.0 Å². The van der Waals surface area contributed by atoms with Crippen molar-refractivity contribution < 1.29 is 29.8 Å². The second-order valence-electron chi connectivity index (χ2n) is 6.39. The third-order valence-electron chi connectivity index (χ3n) is 4.42. The molecule has 1 unspecified atom stereocenters. The van der Waals surface area contributed by atoms with Crippen molar-refractivity contribution in [2.45, 2.75) is 11.4 Å². The number of fused-ring (bicyclic) bond motifs is 1. The molecule has 2 atom stereocenters. The van der Waals surface area contributed by atoms with Gasteiger partial charge in [-0.2, -0.15) is 0 Å². The molecule has 1 fully saturated rings. The third-order valence-corrected chi connectivity index (χ3v) is 7.99. The number of carbonyl (C=O) groups is 3. The van der Waals surface area contributed by atoms with E-state index in [9.17, 15) is 29.8 Å². The molecular weight excluding hydrogens is 518 g/mol. The molecule has 0 bridgehead atoms. The first kappa shape index (κ1) is 24.8. The first-order valence-corrected chi connectivity index (χ1v) is 11.9. The van der Waals surface area contributed by atoms with Crippen LogP contribution in [0, 0.1) is 5.41 Å². The Morgan fingerprint density at radius 2 is 2.18 bits per heavy atom. The Morgan fingerprint density at radius 1 is 1.48 bits per heavy atom. The number of thiazole rings is 1. The largest absolute Gasteiger partial charge is 0.477 e. The molecule has 0 saturated carbocycles. The molecule has 0 radical (unpaired) electrons. The molecule has 2 aliphatic heterocycles. The number of anilines is 1. The zero-order chi connectivity index (χ0) is 24.4. The number of β-lactam (4-membered cyclic amide) rings is 1. The van der Waals surface area contributed by atoms with Crippen LogP contribution in [0.5, 0.6) is 0 Å². The van der Waals surface area contributed by atoms with Crippen LogP contribution in [-0.2, 0) is 14.4 Å². The Bertz CT molecular complexity index is 1130. The van der Waals surface area contributed by atoms with Crippen LogP contribution in [0.15, 0.2) is 26.7 Å². The maximum absolute atomic E-state index is 12.7. The molecule has 17 heteroatoms. The summed E-state index contributed by atoms with van der Waals surface area (Å²) < 4.78 is 0.0164. The molecule has 33 heavy (non-hydrogen) atoms. The highest BCUT2D eigenvalue weighted by Crippen LogP contribution is 2.43. The number of thioether (sulfide) groups is 2. The maximum Gasteiger partial charge on any atom is 0.353 e. The number of halogens is 1. The summed E-state index contributed by atoms with van der Waals surface area (Å²) in [5, 5.41) is 41.5. The zero-order valence-electron chi connectivity index (χ0n) is 16.3. The number of rotatable bonds is 8. The smallest absolute Gasteiger partial charge is 0.353 e. The lowest BCUT2D eigenvalue weighted by Gasteiger charge is -2.49. The van der Waals surface area contributed by atoms with E-state index in [0.29, 0.717) is 4.91 Å². The van der Waals surface area contributed by atoms with E-state index >= 15 is 0 Å². The number of hydrogen-bond donors (Lipinski definition) is 7. The molecule has 1 aromatic rings. The highest BCUT2D eigenvalue weighted by molar-refractivity contribution is 8.08. The molecule has 13 nitrogen and oxygen atoms in total. The van der Waals surface area contributed by atoms with Crippen LogP contribution in [0.3, 0.4) is 0 Å². The lowest BCUT2D eigenvalue weighted by atomic mass is 10.0. The van der Waals surface area contributed by atoms with Crippen LogP contribution < -0.4 is 16.8 Å². The maximum atomic E-state index is 12.7. The number of oxime groups is 1. The van der Waals surface area contributed by atoms with Crippen molar-refractivity contribution in [3.8, 4) is 0 Å². The Morgan fingerprint density at radius 3 is 2.70 bits per heavy atom. The van der Waals surface area contributed by atoms with Crippen molar-refractivity contribution in [2.24, 2.45) is 10.9 Å². The fraction of sp³-hybridized carbons (Fsp3) is 0.250. The summed E-state index contributed by atoms with van der Waals surface area (Å²) in [5.41, 5.74) is 10.0. The first-order chi connectivity index (χ1) is 15.6. The minimum absolute atomic E-state index is 0.0164. The van der Waals surface area contributed by atoms with E-state index in [1.165, 1.54) is 17.2 Å². The van der Waals surface area contributed by atoms with Crippen LogP contribution in [0.25, 0.3) is 0 Å². The fourth-order valence-electron chi connectivity index (χ4n) is 2.88. The van der Waals surface area contributed by atoms with E-state index in [2.05, 4.69) is 15.5 Å². The molecule has 9 N–H and O–H groups in total. The van der Waals surface area contributed by atoms with Gasteiger partial charge in [-0.3, -0.25) is 19.9 Å². The average Bonchev–Trinajstić information content (AvgIpc) is 3.09. The lowest BCUT2D eigenvalue weighted by molar-refractivity contribution is -0.150. The zero-order valence-corrected chi connectivity index (χ0v) is 19.5. The van der Waals surface area contributed by atoms with Gasteiger partial charge in [0, 0.05) is 16.2 Å². The molecule has 3 rings (SSSR count). The van der Waals surface area contributed by atoms with Crippen molar-refractivity contribution >= 4 is 80.9 Å². The Balaban J connectivity index is 1.80. The molecule has 2 aliphatic rings. The lowest BCUT2D eigenvalue weighted by Crippen LogP contribution is -2.71. The highest BCUT2D eigenvalue weighted by Gasteiger charge is 2.54. The number of aliphatic carboxylic acids is 1. The summed E-state index contributed by atoms with van der Waals surface area (Å²) in [6, 6.07) is -1.09. The number of hydrogen-bond acceptors (Lipinski definition) is 12. The van der Waals surface area contributed by atoms with Crippen molar-refractivity contribution in [3.05, 3.63) is 31.6 Å². The van der Waals surface area contributed by atoms with Crippen molar-refractivity contribution in [2.75, 3.05) is 18.1 Å². The second-order valence-corrected chi connectivity index (χ2v) is 10.1. The Labute approximate surface area is 203 Å². The number of amidine groups is 1. The number of nitrogens with two attached hydrogens (primary N) is 2. The number of nitrogen functional groups attached to an aromatic ring is 1. The normalized spacial score (nSPS) is 20.9. The number of nitrogens with one attached hydrogen (secondary N) is 2. The van der Waals surface area contributed by atoms with Gasteiger partial charge in [-0.1, -0.05) is 39.9 Å². The van der Waals surface area contributed by atoms with Crippen LogP contribution in [0.2, 0.25) is 4.34 Å². The minimum atomic E-state index is -1.36. The standard InChI is InChI=1S/C16H16ClN7O6S3/c17-10-6(22-16(20)33-10)7(23-30)12(26)21-8-13(27)24-9(15(28)29)5(3-32-14(8)24)31-2-4(1-25)11(18)19/h2,8,14,25,30H,1,3H2,(H3,18,19)(H2,20,22)(H,21,26)(H,28,29)/b4-2-,23-7-/t8?,14-/m1/s1. The molecule has 0 aromatic carbocycles. The number of aliphatic hydroxyl groups excluding tert-OH is 1. The number of amides is 2. The van der Waals surface area contributed by atoms with Gasteiger partial charge in [-0.15, -0.1) is 11.8 Å². The SMILES string of the molecule is N=C(N)/C(=C\SC1=C(C(=O)O)N2C(=O)C(NC(=O)/C(=N\O)c3nc(N)sc3Cl)[C@H]2SC1)CO. The van der Waals surface area contributed by atoms with Gasteiger partial charge in [0.15, 0.2) is 10.8 Å². The molecular formula is C16H16ClN7O6S3. The molecule has 3 heterocycles. The number of carboxylic acid groups (broad SMARTS) is 1. The van der Waals surface area contributed by atoms with Crippen LogP contribution >= 0.6 is 46.5 Å². The monoisotopic (exact) mass is 533 g/mol. The predicted octanol–water partition coefficient (Wildman–Crippen LogP) is -0.202. The molecule has 0 spiro atoms. The van der Waals surface area contributed by atoms with Gasteiger partial charge in [0.2, 0.25) is 0 Å². The number of carboxylic acids is 1. The van der Waals surface area contributed by atoms with Crippen LogP contribution in [0.1, 0.15) is 5.69 Å².